The lowest BCUT2D eigenvalue weighted by atomic mass is 9.91. The predicted octanol–water partition coefficient (Wildman–Crippen LogP) is 3.04. The SMILES string of the molecule is O=C(O)C(c1ccccc1)c1ccc(F)cc1. The molecule has 86 valence electrons. The van der Waals surface area contributed by atoms with Gasteiger partial charge in [0.15, 0.2) is 0 Å². The molecule has 0 saturated heterocycles. The van der Waals surface area contributed by atoms with E-state index in [0.29, 0.717) is 11.1 Å². The second kappa shape index (κ2) is 4.78. The average Bonchev–Trinajstić information content (AvgIpc) is 2.33. The maximum Gasteiger partial charge on any atom is 0.315 e. The molecule has 2 rings (SSSR count). The van der Waals surface area contributed by atoms with Gasteiger partial charge in [-0.2, -0.15) is 0 Å². The van der Waals surface area contributed by atoms with Crippen molar-refractivity contribution in [2.75, 3.05) is 0 Å². The van der Waals surface area contributed by atoms with Gasteiger partial charge in [0, 0.05) is 0 Å². The van der Waals surface area contributed by atoms with E-state index in [9.17, 15) is 14.3 Å². The normalized spacial score (nSPS) is 12.1. The van der Waals surface area contributed by atoms with Gasteiger partial charge < -0.3 is 5.11 Å². The molecule has 0 aromatic heterocycles. The molecule has 2 nitrogen and oxygen atoms in total. The predicted molar refractivity (Wildman–Crippen MR) is 62.3 cm³/mol. The molecule has 0 radical (unpaired) electrons. The monoisotopic (exact) mass is 230 g/mol. The Balaban J connectivity index is 2.43. The fourth-order valence-electron chi connectivity index (χ4n) is 1.78. The number of hydrogen-bond donors (Lipinski definition) is 1. The first-order valence-electron chi connectivity index (χ1n) is 5.21. The Morgan fingerprint density at radius 2 is 1.47 bits per heavy atom. The van der Waals surface area contributed by atoms with Crippen LogP contribution in [0.4, 0.5) is 4.39 Å². The summed E-state index contributed by atoms with van der Waals surface area (Å²) in [6.45, 7) is 0. The standard InChI is InChI=1S/C14H11FO2/c15-12-8-6-11(7-9-12)13(14(16)17)10-4-2-1-3-5-10/h1-9,13H,(H,16,17). The maximum absolute atomic E-state index is 12.8. The van der Waals surface area contributed by atoms with E-state index in [1.54, 1.807) is 24.3 Å². The third kappa shape index (κ3) is 2.50. The molecular formula is C14H11FO2. The van der Waals surface area contributed by atoms with E-state index < -0.39 is 11.9 Å². The van der Waals surface area contributed by atoms with Crippen LogP contribution in [0.2, 0.25) is 0 Å². The lowest BCUT2D eigenvalue weighted by Crippen LogP contribution is -2.12. The van der Waals surface area contributed by atoms with E-state index in [2.05, 4.69) is 0 Å². The number of carbonyl (C=O) groups is 1. The molecule has 17 heavy (non-hydrogen) atoms. The number of hydrogen-bond acceptors (Lipinski definition) is 1. The quantitative estimate of drug-likeness (QED) is 0.879. The highest BCUT2D eigenvalue weighted by atomic mass is 19.1. The molecule has 3 heteroatoms. The molecule has 0 spiro atoms. The summed E-state index contributed by atoms with van der Waals surface area (Å²) < 4.78 is 12.8. The number of aliphatic carboxylic acids is 1. The van der Waals surface area contributed by atoms with Crippen LogP contribution in [0.15, 0.2) is 54.6 Å². The molecule has 1 atom stereocenters. The summed E-state index contributed by atoms with van der Waals surface area (Å²) in [7, 11) is 0. The summed E-state index contributed by atoms with van der Waals surface area (Å²) in [6, 6.07) is 14.5. The van der Waals surface area contributed by atoms with Crippen molar-refractivity contribution in [3.8, 4) is 0 Å². The molecule has 0 aliphatic heterocycles. The van der Waals surface area contributed by atoms with Gasteiger partial charge >= 0.3 is 5.97 Å². The fourth-order valence-corrected chi connectivity index (χ4v) is 1.78. The van der Waals surface area contributed by atoms with E-state index in [0.717, 1.165) is 0 Å². The second-order valence-corrected chi connectivity index (χ2v) is 3.73. The summed E-state index contributed by atoms with van der Waals surface area (Å²) in [5.41, 5.74) is 1.26. The number of carboxylic acids is 1. The molecule has 0 aliphatic carbocycles. The average molecular weight is 230 g/mol. The Bertz CT molecular complexity index is 506. The number of halogens is 1. The first-order chi connectivity index (χ1) is 8.18. The van der Waals surface area contributed by atoms with Crippen LogP contribution in [-0.2, 0) is 4.79 Å². The van der Waals surface area contributed by atoms with Gasteiger partial charge in [-0.15, -0.1) is 0 Å². The summed E-state index contributed by atoms with van der Waals surface area (Å²) in [6.07, 6.45) is 0. The van der Waals surface area contributed by atoms with Crippen molar-refractivity contribution in [3.05, 3.63) is 71.5 Å². The van der Waals surface area contributed by atoms with E-state index in [4.69, 9.17) is 0 Å². The Morgan fingerprint density at radius 3 is 2.00 bits per heavy atom. The maximum atomic E-state index is 12.8. The van der Waals surface area contributed by atoms with Crippen LogP contribution < -0.4 is 0 Å². The molecule has 0 fully saturated rings. The van der Waals surface area contributed by atoms with E-state index in [1.807, 2.05) is 6.07 Å². The van der Waals surface area contributed by atoms with Crippen molar-refractivity contribution in [3.63, 3.8) is 0 Å². The first kappa shape index (κ1) is 11.3. The van der Waals surface area contributed by atoms with Gasteiger partial charge in [-0.3, -0.25) is 4.79 Å². The van der Waals surface area contributed by atoms with Gasteiger partial charge in [-0.05, 0) is 23.3 Å². The second-order valence-electron chi connectivity index (χ2n) is 3.73. The number of carboxylic acid groups (broad SMARTS) is 1. The van der Waals surface area contributed by atoms with Gasteiger partial charge in [-0.1, -0.05) is 42.5 Å². The highest BCUT2D eigenvalue weighted by Crippen LogP contribution is 2.24. The summed E-state index contributed by atoms with van der Waals surface area (Å²) >= 11 is 0. The molecule has 0 heterocycles. The van der Waals surface area contributed by atoms with Gasteiger partial charge in [0.05, 0.1) is 0 Å². The van der Waals surface area contributed by atoms with Crippen molar-refractivity contribution in [2.24, 2.45) is 0 Å². The van der Waals surface area contributed by atoms with Crippen molar-refractivity contribution in [1.29, 1.82) is 0 Å². The molecule has 1 unspecified atom stereocenters. The molecule has 0 amide bonds. The topological polar surface area (TPSA) is 37.3 Å². The highest BCUT2D eigenvalue weighted by molar-refractivity contribution is 5.80. The molecule has 0 bridgehead atoms. The molecule has 1 N–H and O–H groups in total. The Labute approximate surface area is 98.3 Å². The molecule has 2 aromatic rings. The zero-order valence-corrected chi connectivity index (χ0v) is 9.01. The molecule has 2 aromatic carbocycles. The van der Waals surface area contributed by atoms with E-state index >= 15 is 0 Å². The minimum Gasteiger partial charge on any atom is -0.481 e. The van der Waals surface area contributed by atoms with Gasteiger partial charge in [0.25, 0.3) is 0 Å². The van der Waals surface area contributed by atoms with Crippen LogP contribution in [0.3, 0.4) is 0 Å². The van der Waals surface area contributed by atoms with Crippen molar-refractivity contribution >= 4 is 5.97 Å². The van der Waals surface area contributed by atoms with Gasteiger partial charge in [0.2, 0.25) is 0 Å². The zero-order valence-electron chi connectivity index (χ0n) is 9.01. The minimum atomic E-state index is -0.942. The largest absolute Gasteiger partial charge is 0.481 e. The van der Waals surface area contributed by atoms with E-state index in [1.165, 1.54) is 24.3 Å². The first-order valence-corrected chi connectivity index (χ1v) is 5.21. The zero-order chi connectivity index (χ0) is 12.3. The summed E-state index contributed by atoms with van der Waals surface area (Å²) in [5, 5.41) is 9.26. The van der Waals surface area contributed by atoms with Crippen LogP contribution in [0.1, 0.15) is 17.0 Å². The smallest absolute Gasteiger partial charge is 0.315 e. The van der Waals surface area contributed by atoms with Crippen molar-refractivity contribution < 1.29 is 14.3 Å². The van der Waals surface area contributed by atoms with Crippen LogP contribution in [0.5, 0.6) is 0 Å². The van der Waals surface area contributed by atoms with Crippen molar-refractivity contribution in [1.82, 2.24) is 0 Å². The summed E-state index contributed by atoms with van der Waals surface area (Å²) in [5.74, 6) is -2.06. The number of rotatable bonds is 3. The van der Waals surface area contributed by atoms with E-state index in [-0.39, 0.29) is 5.82 Å². The summed E-state index contributed by atoms with van der Waals surface area (Å²) in [4.78, 5) is 11.3. The Kier molecular flexibility index (Phi) is 3.19. The van der Waals surface area contributed by atoms with Gasteiger partial charge in [0.1, 0.15) is 11.7 Å². The van der Waals surface area contributed by atoms with Crippen LogP contribution in [-0.4, -0.2) is 11.1 Å². The lowest BCUT2D eigenvalue weighted by Gasteiger charge is -2.12. The minimum absolute atomic E-state index is 0.369. The lowest BCUT2D eigenvalue weighted by molar-refractivity contribution is -0.137. The van der Waals surface area contributed by atoms with Crippen LogP contribution >= 0.6 is 0 Å². The fraction of sp³-hybridized carbons (Fsp3) is 0.0714. The van der Waals surface area contributed by atoms with Crippen LogP contribution in [0.25, 0.3) is 0 Å². The van der Waals surface area contributed by atoms with Crippen molar-refractivity contribution in [2.45, 2.75) is 5.92 Å². The third-order valence-corrected chi connectivity index (χ3v) is 2.58. The Morgan fingerprint density at radius 1 is 0.941 bits per heavy atom. The molecular weight excluding hydrogens is 219 g/mol. The molecule has 0 aliphatic rings. The third-order valence-electron chi connectivity index (χ3n) is 2.58. The Hall–Kier alpha value is -2.16. The van der Waals surface area contributed by atoms with Crippen LogP contribution in [0, 0.1) is 5.82 Å². The number of benzene rings is 2. The molecule has 0 saturated carbocycles. The van der Waals surface area contributed by atoms with Gasteiger partial charge in [-0.25, -0.2) is 4.39 Å². The highest BCUT2D eigenvalue weighted by Gasteiger charge is 2.21.